The highest BCUT2D eigenvalue weighted by Crippen LogP contribution is 2.40. The van der Waals surface area contributed by atoms with Crippen molar-refractivity contribution < 1.29 is 4.42 Å². The molecule has 0 unspecified atom stereocenters. The molecule has 3 aromatic heterocycles. The Morgan fingerprint density at radius 1 is 1.17 bits per heavy atom. The van der Waals surface area contributed by atoms with Crippen molar-refractivity contribution in [1.82, 2.24) is 10.3 Å². The number of furan rings is 1. The van der Waals surface area contributed by atoms with Crippen LogP contribution in [0, 0.1) is 6.92 Å². The molecule has 30 heavy (non-hydrogen) atoms. The van der Waals surface area contributed by atoms with Gasteiger partial charge in [0.1, 0.15) is 11.6 Å². The van der Waals surface area contributed by atoms with E-state index in [9.17, 15) is 4.79 Å². The largest absolute Gasteiger partial charge is 0.463 e. The Morgan fingerprint density at radius 2 is 2.00 bits per heavy atom. The van der Waals surface area contributed by atoms with E-state index in [0.717, 1.165) is 52.5 Å². The van der Waals surface area contributed by atoms with Crippen molar-refractivity contribution in [3.05, 3.63) is 73.9 Å². The van der Waals surface area contributed by atoms with Crippen LogP contribution < -0.4 is 16.1 Å². The lowest BCUT2D eigenvalue weighted by molar-refractivity contribution is 0.583. The molecule has 8 heteroatoms. The Labute approximate surface area is 193 Å². The summed E-state index contributed by atoms with van der Waals surface area (Å²) >= 11 is 5.44. The molecule has 0 aliphatic heterocycles. The van der Waals surface area contributed by atoms with E-state index in [-0.39, 0.29) is 17.8 Å². The molecule has 158 valence electrons. The summed E-state index contributed by atoms with van der Waals surface area (Å²) in [5.41, 5.74) is 2.14. The second-order valence-corrected chi connectivity index (χ2v) is 8.72. The summed E-state index contributed by atoms with van der Waals surface area (Å²) in [7, 11) is 0. The highest BCUT2D eigenvalue weighted by atomic mass is 79.9. The second kappa shape index (κ2) is 10.3. The number of aromatic amines is 1. The van der Waals surface area contributed by atoms with Gasteiger partial charge in [-0.15, -0.1) is 23.7 Å². The van der Waals surface area contributed by atoms with Gasteiger partial charge in [-0.2, -0.15) is 0 Å². The second-order valence-electron chi connectivity index (χ2n) is 6.82. The normalized spacial score (nSPS) is 10.9. The summed E-state index contributed by atoms with van der Waals surface area (Å²) in [6.07, 6.45) is 2.65. The molecule has 0 aliphatic rings. The number of H-pyrrole nitrogens is 1. The van der Waals surface area contributed by atoms with Crippen LogP contribution in [0.15, 0.2) is 62.4 Å². The molecule has 0 amide bonds. The molecule has 0 radical (unpaired) electrons. The van der Waals surface area contributed by atoms with Gasteiger partial charge in [-0.05, 0) is 65.6 Å². The molecule has 1 aromatic carbocycles. The smallest absolute Gasteiger partial charge is 0.191 e. The van der Waals surface area contributed by atoms with Crippen LogP contribution in [0.2, 0.25) is 0 Å². The minimum atomic E-state index is 0. The molecule has 0 fully saturated rings. The molecule has 0 spiro atoms. The zero-order chi connectivity index (χ0) is 20.2. The third kappa shape index (κ3) is 4.98. The monoisotopic (exact) mass is 507 g/mol. The fraction of sp³-hybridized carbons (Fsp3) is 0.227. The van der Waals surface area contributed by atoms with Crippen LogP contribution in [-0.4, -0.2) is 18.1 Å². The number of nitrogens with one attached hydrogen (secondary N) is 3. The van der Waals surface area contributed by atoms with Gasteiger partial charge in [0.05, 0.1) is 16.7 Å². The first-order valence-electron chi connectivity index (χ1n) is 9.52. The van der Waals surface area contributed by atoms with Crippen molar-refractivity contribution >= 4 is 56.4 Å². The number of benzene rings is 1. The summed E-state index contributed by atoms with van der Waals surface area (Å²) in [5, 5.41) is 7.52. The molecule has 0 saturated carbocycles. The van der Waals surface area contributed by atoms with Crippen LogP contribution in [0.3, 0.4) is 0 Å². The Kier molecular flexibility index (Phi) is 7.77. The zero-order valence-electron chi connectivity index (χ0n) is 16.5. The maximum atomic E-state index is 12.2. The van der Waals surface area contributed by atoms with Crippen molar-refractivity contribution in [3.63, 3.8) is 0 Å². The number of thiophene rings is 1. The molecular formula is C22H23BrClN3O2S. The van der Waals surface area contributed by atoms with Gasteiger partial charge in [0.25, 0.3) is 0 Å². The standard InChI is InChI=1S/C22H22BrN3O2S.ClH/c1-14-19(29-22(21(14)23)18-8-4-11-28-18)13-24-9-5-10-25-20-12-17(27)15-6-2-3-7-16(15)26-20;/h2-4,6-8,11-12,24H,5,9-10,13H2,1H3,(H2,25,26,27);1H. The van der Waals surface area contributed by atoms with Crippen molar-refractivity contribution in [1.29, 1.82) is 0 Å². The predicted molar refractivity (Wildman–Crippen MR) is 131 cm³/mol. The van der Waals surface area contributed by atoms with Gasteiger partial charge >= 0.3 is 0 Å². The Balaban J connectivity index is 0.00000256. The Hall–Kier alpha value is -2.06. The number of aromatic nitrogens is 1. The average Bonchev–Trinajstić information content (AvgIpc) is 3.34. The number of hydrogen-bond acceptors (Lipinski definition) is 5. The number of hydrogen-bond donors (Lipinski definition) is 3. The van der Waals surface area contributed by atoms with Gasteiger partial charge in [0.2, 0.25) is 0 Å². The fourth-order valence-corrected chi connectivity index (χ4v) is 5.15. The summed E-state index contributed by atoms with van der Waals surface area (Å²) in [6.45, 7) is 4.62. The van der Waals surface area contributed by atoms with E-state index in [4.69, 9.17) is 4.42 Å². The first-order chi connectivity index (χ1) is 14.1. The van der Waals surface area contributed by atoms with E-state index in [2.05, 4.69) is 38.5 Å². The van der Waals surface area contributed by atoms with E-state index < -0.39 is 0 Å². The quantitative estimate of drug-likeness (QED) is 0.258. The zero-order valence-corrected chi connectivity index (χ0v) is 19.7. The van der Waals surface area contributed by atoms with Crippen molar-refractivity contribution in [3.8, 4) is 10.6 Å². The molecule has 4 rings (SSSR count). The van der Waals surface area contributed by atoms with Crippen LogP contribution in [0.1, 0.15) is 16.9 Å². The molecule has 0 atom stereocenters. The van der Waals surface area contributed by atoms with E-state index in [0.29, 0.717) is 5.39 Å². The van der Waals surface area contributed by atoms with Crippen molar-refractivity contribution in [2.24, 2.45) is 0 Å². The number of pyridine rings is 1. The molecule has 0 aliphatic carbocycles. The van der Waals surface area contributed by atoms with E-state index >= 15 is 0 Å². The van der Waals surface area contributed by atoms with E-state index in [1.54, 1.807) is 23.7 Å². The van der Waals surface area contributed by atoms with Crippen molar-refractivity contribution in [2.75, 3.05) is 18.4 Å². The number of para-hydroxylation sites is 1. The van der Waals surface area contributed by atoms with Crippen LogP contribution in [0.25, 0.3) is 21.5 Å². The van der Waals surface area contributed by atoms with Crippen LogP contribution in [-0.2, 0) is 6.54 Å². The molecule has 4 aromatic rings. The van der Waals surface area contributed by atoms with Gasteiger partial charge in [-0.25, -0.2) is 0 Å². The van der Waals surface area contributed by atoms with Crippen LogP contribution in [0.4, 0.5) is 5.82 Å². The van der Waals surface area contributed by atoms with E-state index in [1.807, 2.05) is 36.4 Å². The van der Waals surface area contributed by atoms with Gasteiger partial charge in [-0.3, -0.25) is 4.79 Å². The maximum absolute atomic E-state index is 12.2. The minimum absolute atomic E-state index is 0. The lowest BCUT2D eigenvalue weighted by atomic mass is 10.2. The minimum Gasteiger partial charge on any atom is -0.463 e. The molecule has 0 bridgehead atoms. The SMILES string of the molecule is Cc1c(CNCCCNc2cc(=O)c3ccccc3[nH]2)sc(-c2ccco2)c1Br.Cl. The van der Waals surface area contributed by atoms with Gasteiger partial charge in [0.15, 0.2) is 5.43 Å². The first kappa shape index (κ1) is 22.6. The van der Waals surface area contributed by atoms with Crippen LogP contribution in [0.5, 0.6) is 0 Å². The van der Waals surface area contributed by atoms with E-state index in [1.165, 1.54) is 10.4 Å². The summed E-state index contributed by atoms with van der Waals surface area (Å²) in [5.74, 6) is 1.65. The highest BCUT2D eigenvalue weighted by molar-refractivity contribution is 9.10. The maximum Gasteiger partial charge on any atom is 0.191 e. The highest BCUT2D eigenvalue weighted by Gasteiger charge is 2.15. The fourth-order valence-electron chi connectivity index (χ4n) is 3.20. The number of fused-ring (bicyclic) bond motifs is 1. The third-order valence-electron chi connectivity index (χ3n) is 4.79. The number of rotatable bonds is 8. The average molecular weight is 509 g/mol. The lowest BCUT2D eigenvalue weighted by Gasteiger charge is -2.08. The molecule has 3 N–H and O–H groups in total. The molecule has 3 heterocycles. The molecule has 5 nitrogen and oxygen atoms in total. The number of anilines is 1. The van der Waals surface area contributed by atoms with Crippen molar-refractivity contribution in [2.45, 2.75) is 19.9 Å². The van der Waals surface area contributed by atoms with Gasteiger partial charge in [-0.1, -0.05) is 12.1 Å². The Bertz CT molecular complexity index is 1170. The third-order valence-corrected chi connectivity index (χ3v) is 7.35. The summed E-state index contributed by atoms with van der Waals surface area (Å²) in [6, 6.07) is 13.1. The topological polar surface area (TPSA) is 70.1 Å². The predicted octanol–water partition coefficient (Wildman–Crippen LogP) is 5.93. The summed E-state index contributed by atoms with van der Waals surface area (Å²) in [4.78, 5) is 17.9. The van der Waals surface area contributed by atoms with Gasteiger partial charge in [0, 0.05) is 33.9 Å². The van der Waals surface area contributed by atoms with Gasteiger partial charge < -0.3 is 20.0 Å². The Morgan fingerprint density at radius 3 is 2.80 bits per heavy atom. The molecule has 0 saturated heterocycles. The number of halogens is 2. The first-order valence-corrected chi connectivity index (χ1v) is 11.1. The van der Waals surface area contributed by atoms with Crippen LogP contribution >= 0.6 is 39.7 Å². The summed E-state index contributed by atoms with van der Waals surface area (Å²) < 4.78 is 6.64. The lowest BCUT2D eigenvalue weighted by Crippen LogP contribution is -2.18. The molecular weight excluding hydrogens is 486 g/mol.